The van der Waals surface area contributed by atoms with E-state index in [2.05, 4.69) is 10.2 Å². The van der Waals surface area contributed by atoms with Crippen LogP contribution in [-0.4, -0.2) is 49.7 Å². The number of benzene rings is 2. The van der Waals surface area contributed by atoms with Crippen LogP contribution in [-0.2, 0) is 30.0 Å². The van der Waals surface area contributed by atoms with E-state index in [-0.39, 0.29) is 38.6 Å². The molecule has 0 saturated carbocycles. The van der Waals surface area contributed by atoms with Gasteiger partial charge in [0.1, 0.15) is 24.6 Å². The van der Waals surface area contributed by atoms with Crippen LogP contribution in [0.2, 0.25) is 0 Å². The van der Waals surface area contributed by atoms with E-state index in [1.165, 1.54) is 0 Å². The van der Waals surface area contributed by atoms with Gasteiger partial charge in [0.05, 0.1) is 13.2 Å². The SMILES string of the molecule is CCOC(=O)CNP(=O)(COc1cc(C)c(Cc2ccc(O)c(C(C)C)c2)c(C)c1C)NCC(=O)OCC. The van der Waals surface area contributed by atoms with Crippen LogP contribution in [0.25, 0.3) is 0 Å². The molecule has 10 heteroatoms. The van der Waals surface area contributed by atoms with Crippen molar-refractivity contribution in [1.29, 1.82) is 0 Å². The Balaban J connectivity index is 2.24. The maximum Gasteiger partial charge on any atom is 0.320 e. The van der Waals surface area contributed by atoms with Crippen molar-refractivity contribution in [2.24, 2.45) is 0 Å². The number of hydrogen-bond acceptors (Lipinski definition) is 7. The Labute approximate surface area is 225 Å². The average molecular weight is 549 g/mol. The number of nitrogens with one attached hydrogen (secondary N) is 2. The zero-order chi connectivity index (χ0) is 28.5. The third-order valence-electron chi connectivity index (χ3n) is 6.27. The largest absolute Gasteiger partial charge is 0.508 e. The van der Waals surface area contributed by atoms with Gasteiger partial charge in [-0.1, -0.05) is 26.0 Å². The third-order valence-corrected chi connectivity index (χ3v) is 8.10. The Morgan fingerprint density at radius 3 is 2.05 bits per heavy atom. The van der Waals surface area contributed by atoms with Crippen LogP contribution in [0.15, 0.2) is 24.3 Å². The standard InChI is InChI=1S/C28H41N2O7P/c1-8-35-27(32)15-29-38(34,30-16-28(33)36-9-2)17-37-26-12-19(5)24(20(6)21(26)7)14-22-10-11-25(31)23(13-22)18(3)4/h10-13,18,31H,8-9,14-17H2,1-7H3,(H2,29,30,34). The molecule has 2 rings (SSSR count). The van der Waals surface area contributed by atoms with Crippen LogP contribution in [0, 0.1) is 20.8 Å². The zero-order valence-electron chi connectivity index (χ0n) is 23.5. The van der Waals surface area contributed by atoms with Gasteiger partial charge >= 0.3 is 11.9 Å². The highest BCUT2D eigenvalue weighted by molar-refractivity contribution is 7.59. The molecule has 0 bridgehead atoms. The Morgan fingerprint density at radius 2 is 1.53 bits per heavy atom. The van der Waals surface area contributed by atoms with Crippen LogP contribution in [0.1, 0.15) is 67.0 Å². The van der Waals surface area contributed by atoms with Crippen molar-refractivity contribution < 1.29 is 33.5 Å². The molecule has 0 radical (unpaired) electrons. The van der Waals surface area contributed by atoms with Crippen molar-refractivity contribution in [2.75, 3.05) is 32.7 Å². The van der Waals surface area contributed by atoms with Gasteiger partial charge in [0, 0.05) is 0 Å². The molecule has 0 spiro atoms. The molecule has 0 aliphatic carbocycles. The fraction of sp³-hybridized carbons (Fsp3) is 0.500. The Morgan fingerprint density at radius 1 is 0.947 bits per heavy atom. The van der Waals surface area contributed by atoms with Gasteiger partial charge in [0.2, 0.25) is 7.44 Å². The molecule has 2 aromatic rings. The molecule has 38 heavy (non-hydrogen) atoms. The molecular weight excluding hydrogens is 507 g/mol. The van der Waals surface area contributed by atoms with Gasteiger partial charge in [-0.3, -0.25) is 14.2 Å². The highest BCUT2D eigenvalue weighted by Crippen LogP contribution is 2.38. The van der Waals surface area contributed by atoms with Gasteiger partial charge in [-0.25, -0.2) is 10.2 Å². The second-order valence-electron chi connectivity index (χ2n) is 9.44. The Bertz CT molecular complexity index is 1150. The van der Waals surface area contributed by atoms with E-state index in [1.54, 1.807) is 19.9 Å². The van der Waals surface area contributed by atoms with Crippen molar-refractivity contribution in [2.45, 2.75) is 60.8 Å². The minimum atomic E-state index is -3.52. The molecule has 0 fully saturated rings. The van der Waals surface area contributed by atoms with Gasteiger partial charge in [0.15, 0.2) is 6.35 Å². The quantitative estimate of drug-likeness (QED) is 0.224. The number of carbonyl (C=O) groups excluding carboxylic acids is 2. The van der Waals surface area contributed by atoms with Crippen LogP contribution < -0.4 is 14.9 Å². The summed E-state index contributed by atoms with van der Waals surface area (Å²) in [6, 6.07) is 7.62. The van der Waals surface area contributed by atoms with E-state index in [0.29, 0.717) is 17.9 Å². The van der Waals surface area contributed by atoms with Gasteiger partial charge in [-0.15, -0.1) is 0 Å². The summed E-state index contributed by atoms with van der Waals surface area (Å²) in [6.45, 7) is 13.2. The van der Waals surface area contributed by atoms with Crippen molar-refractivity contribution in [3.63, 3.8) is 0 Å². The van der Waals surface area contributed by atoms with E-state index in [4.69, 9.17) is 14.2 Å². The molecule has 0 atom stereocenters. The van der Waals surface area contributed by atoms with E-state index >= 15 is 0 Å². The minimum absolute atomic E-state index is 0.199. The van der Waals surface area contributed by atoms with Crippen molar-refractivity contribution in [3.05, 3.63) is 57.6 Å². The Kier molecular flexibility index (Phi) is 11.8. The minimum Gasteiger partial charge on any atom is -0.508 e. The molecule has 0 saturated heterocycles. The highest BCUT2D eigenvalue weighted by Gasteiger charge is 2.26. The van der Waals surface area contributed by atoms with Gasteiger partial charge < -0.3 is 19.3 Å². The zero-order valence-corrected chi connectivity index (χ0v) is 24.4. The van der Waals surface area contributed by atoms with Crippen LogP contribution in [0.4, 0.5) is 0 Å². The van der Waals surface area contributed by atoms with E-state index < -0.39 is 19.4 Å². The number of aromatic hydroxyl groups is 1. The van der Waals surface area contributed by atoms with Crippen LogP contribution in [0.3, 0.4) is 0 Å². The molecule has 0 unspecified atom stereocenters. The van der Waals surface area contributed by atoms with E-state index in [1.807, 2.05) is 52.8 Å². The maximum absolute atomic E-state index is 13.5. The summed E-state index contributed by atoms with van der Waals surface area (Å²) in [6.07, 6.45) is 0.403. The summed E-state index contributed by atoms with van der Waals surface area (Å²) in [5, 5.41) is 15.5. The molecule has 9 nitrogen and oxygen atoms in total. The number of phenols is 1. The summed E-state index contributed by atoms with van der Waals surface area (Å²) >= 11 is 0. The van der Waals surface area contributed by atoms with Crippen molar-refractivity contribution in [1.82, 2.24) is 10.2 Å². The third kappa shape index (κ3) is 8.86. The van der Waals surface area contributed by atoms with Crippen LogP contribution in [0.5, 0.6) is 11.5 Å². The van der Waals surface area contributed by atoms with Crippen LogP contribution >= 0.6 is 7.44 Å². The second kappa shape index (κ2) is 14.3. The molecule has 0 aromatic heterocycles. The summed E-state index contributed by atoms with van der Waals surface area (Å²) in [5.41, 5.74) is 6.12. The first kappa shape index (κ1) is 31.3. The number of carbonyl (C=O) groups is 2. The lowest BCUT2D eigenvalue weighted by Gasteiger charge is -2.23. The Hall–Kier alpha value is -2.87. The molecule has 0 heterocycles. The number of hydrogen-bond donors (Lipinski definition) is 3. The first-order valence-corrected chi connectivity index (χ1v) is 14.7. The van der Waals surface area contributed by atoms with E-state index in [9.17, 15) is 19.3 Å². The van der Waals surface area contributed by atoms with Gasteiger partial charge in [-0.2, -0.15) is 0 Å². The normalized spacial score (nSPS) is 11.5. The fourth-order valence-corrected chi connectivity index (χ4v) is 5.40. The lowest BCUT2D eigenvalue weighted by atomic mass is 9.91. The maximum atomic E-state index is 13.5. The highest BCUT2D eigenvalue weighted by atomic mass is 31.2. The predicted octanol–water partition coefficient (Wildman–Crippen LogP) is 4.87. The summed E-state index contributed by atoms with van der Waals surface area (Å²) in [5.74, 6) is -0.0520. The summed E-state index contributed by atoms with van der Waals surface area (Å²) < 4.78 is 29.3. The second-order valence-corrected chi connectivity index (χ2v) is 11.8. The van der Waals surface area contributed by atoms with Gasteiger partial charge in [0.25, 0.3) is 0 Å². The molecule has 210 valence electrons. The molecule has 0 amide bonds. The number of phenolic OH excluding ortho intramolecular Hbond substituents is 1. The van der Waals surface area contributed by atoms with E-state index in [0.717, 1.165) is 33.4 Å². The lowest BCUT2D eigenvalue weighted by Crippen LogP contribution is -2.34. The first-order chi connectivity index (χ1) is 17.9. The van der Waals surface area contributed by atoms with Crippen molar-refractivity contribution in [3.8, 4) is 11.5 Å². The smallest absolute Gasteiger partial charge is 0.320 e. The average Bonchev–Trinajstić information content (AvgIpc) is 2.87. The number of esters is 2. The number of aryl methyl sites for hydroxylation is 1. The monoisotopic (exact) mass is 548 g/mol. The summed E-state index contributed by atoms with van der Waals surface area (Å²) in [4.78, 5) is 23.7. The predicted molar refractivity (Wildman–Crippen MR) is 148 cm³/mol. The molecule has 0 aliphatic rings. The van der Waals surface area contributed by atoms with Gasteiger partial charge in [-0.05, 0) is 92.5 Å². The topological polar surface area (TPSA) is 123 Å². The molecule has 3 N–H and O–H groups in total. The number of rotatable bonds is 14. The number of ether oxygens (including phenoxy) is 3. The molecule has 0 aliphatic heterocycles. The lowest BCUT2D eigenvalue weighted by molar-refractivity contribution is -0.142. The fourth-order valence-electron chi connectivity index (χ4n) is 4.02. The molecule has 2 aromatic carbocycles. The first-order valence-electron chi connectivity index (χ1n) is 12.9. The van der Waals surface area contributed by atoms with Crippen molar-refractivity contribution >= 4 is 19.4 Å². The summed E-state index contributed by atoms with van der Waals surface area (Å²) in [7, 11) is -3.52. The molecular formula is C28H41N2O7P.